The zero-order valence-corrected chi connectivity index (χ0v) is 19.1. The maximum atomic E-state index is 12.4. The summed E-state index contributed by atoms with van der Waals surface area (Å²) in [5.74, 6) is -0.250. The lowest BCUT2D eigenvalue weighted by Crippen LogP contribution is -2.24. The Morgan fingerprint density at radius 2 is 1.61 bits per heavy atom. The summed E-state index contributed by atoms with van der Waals surface area (Å²) in [6.07, 6.45) is 1.82. The predicted octanol–water partition coefficient (Wildman–Crippen LogP) is 6.08. The van der Waals surface area contributed by atoms with Gasteiger partial charge in [0.2, 0.25) is 4.80 Å². The van der Waals surface area contributed by atoms with Gasteiger partial charge >= 0.3 is 0 Å². The molecule has 6 heteroatoms. The van der Waals surface area contributed by atoms with Crippen molar-refractivity contribution in [1.29, 1.82) is 0 Å². The SMILES string of the molecule is C=CCn1c(-c2ccc(-c3ccccc3)cc2)csc1=NNC(=O)c1ccc(Br)cc1. The number of halogens is 1. The second kappa shape index (κ2) is 9.73. The first-order chi connectivity index (χ1) is 15.2. The van der Waals surface area contributed by atoms with Gasteiger partial charge < -0.3 is 4.57 Å². The Morgan fingerprint density at radius 3 is 2.29 bits per heavy atom. The van der Waals surface area contributed by atoms with Crippen molar-refractivity contribution in [1.82, 2.24) is 9.99 Å². The Balaban J connectivity index is 1.61. The molecular weight excluding hydrogens is 470 g/mol. The highest BCUT2D eigenvalue weighted by molar-refractivity contribution is 9.10. The van der Waals surface area contributed by atoms with Crippen LogP contribution in [-0.4, -0.2) is 10.5 Å². The Hall–Kier alpha value is -3.22. The van der Waals surface area contributed by atoms with E-state index in [2.05, 4.69) is 69.4 Å². The van der Waals surface area contributed by atoms with Crippen molar-refractivity contribution in [3.63, 3.8) is 0 Å². The molecule has 0 atom stereocenters. The number of thiazole rings is 1. The lowest BCUT2D eigenvalue weighted by atomic mass is 10.0. The van der Waals surface area contributed by atoms with E-state index in [0.717, 1.165) is 15.7 Å². The predicted molar refractivity (Wildman–Crippen MR) is 131 cm³/mol. The normalized spacial score (nSPS) is 11.3. The molecule has 0 fully saturated rings. The minimum Gasteiger partial charge on any atom is -0.311 e. The van der Waals surface area contributed by atoms with E-state index in [1.165, 1.54) is 22.5 Å². The molecule has 4 nitrogen and oxygen atoms in total. The van der Waals surface area contributed by atoms with E-state index in [4.69, 9.17) is 0 Å². The third-order valence-corrected chi connectivity index (χ3v) is 6.15. The van der Waals surface area contributed by atoms with Gasteiger partial charge in [-0.3, -0.25) is 4.79 Å². The molecule has 0 unspecified atom stereocenters. The van der Waals surface area contributed by atoms with Crippen LogP contribution in [0.3, 0.4) is 0 Å². The van der Waals surface area contributed by atoms with Crippen LogP contribution in [-0.2, 0) is 6.54 Å². The summed E-state index contributed by atoms with van der Waals surface area (Å²) < 4.78 is 2.96. The molecule has 1 amide bonds. The maximum absolute atomic E-state index is 12.4. The molecule has 0 spiro atoms. The fourth-order valence-corrected chi connectivity index (χ4v) is 4.33. The van der Waals surface area contributed by atoms with E-state index in [-0.39, 0.29) is 5.91 Å². The van der Waals surface area contributed by atoms with Crippen molar-refractivity contribution in [2.45, 2.75) is 6.54 Å². The van der Waals surface area contributed by atoms with Crippen LogP contribution >= 0.6 is 27.3 Å². The highest BCUT2D eigenvalue weighted by Gasteiger charge is 2.09. The molecule has 0 aliphatic carbocycles. The van der Waals surface area contributed by atoms with E-state index in [1.807, 2.05) is 46.4 Å². The molecule has 3 aromatic carbocycles. The number of amides is 1. The summed E-state index contributed by atoms with van der Waals surface area (Å²) in [6, 6.07) is 25.9. The Labute approximate surface area is 193 Å². The van der Waals surface area contributed by atoms with Crippen LogP contribution in [0, 0.1) is 0 Å². The molecular formula is C25H20BrN3OS. The van der Waals surface area contributed by atoms with E-state index >= 15 is 0 Å². The average molecular weight is 490 g/mol. The van der Waals surface area contributed by atoms with Gasteiger partial charge in [0.1, 0.15) is 0 Å². The van der Waals surface area contributed by atoms with Gasteiger partial charge in [-0.25, -0.2) is 5.43 Å². The van der Waals surface area contributed by atoms with Crippen molar-refractivity contribution in [2.75, 3.05) is 0 Å². The van der Waals surface area contributed by atoms with Gasteiger partial charge in [-0.1, -0.05) is 76.6 Å². The Bertz CT molecular complexity index is 1260. The number of allylic oxidation sites excluding steroid dienone is 1. The largest absolute Gasteiger partial charge is 0.311 e. The van der Waals surface area contributed by atoms with Crippen LogP contribution in [0.15, 0.2) is 106 Å². The molecule has 0 aliphatic heterocycles. The number of nitrogens with one attached hydrogen (secondary N) is 1. The van der Waals surface area contributed by atoms with Gasteiger partial charge in [0.25, 0.3) is 5.91 Å². The van der Waals surface area contributed by atoms with Crippen LogP contribution in [0.25, 0.3) is 22.4 Å². The molecule has 0 bridgehead atoms. The van der Waals surface area contributed by atoms with Crippen molar-refractivity contribution in [2.24, 2.45) is 5.10 Å². The molecule has 0 saturated heterocycles. The second-order valence-electron chi connectivity index (χ2n) is 6.81. The molecule has 0 saturated carbocycles. The number of carbonyl (C=O) groups excluding carboxylic acids is 1. The third-order valence-electron chi connectivity index (χ3n) is 4.76. The van der Waals surface area contributed by atoms with Crippen molar-refractivity contribution in [3.8, 4) is 22.4 Å². The second-order valence-corrected chi connectivity index (χ2v) is 8.56. The van der Waals surface area contributed by atoms with Crippen LogP contribution in [0.2, 0.25) is 0 Å². The molecule has 31 heavy (non-hydrogen) atoms. The van der Waals surface area contributed by atoms with Crippen LogP contribution in [0.1, 0.15) is 10.4 Å². The minimum absolute atomic E-state index is 0.250. The molecule has 154 valence electrons. The molecule has 4 rings (SSSR count). The van der Waals surface area contributed by atoms with Crippen LogP contribution in [0.4, 0.5) is 0 Å². The highest BCUT2D eigenvalue weighted by Crippen LogP contribution is 2.25. The Kier molecular flexibility index (Phi) is 6.60. The number of hydrogen-bond donors (Lipinski definition) is 1. The highest BCUT2D eigenvalue weighted by atomic mass is 79.9. The molecule has 1 heterocycles. The molecule has 1 N–H and O–H groups in total. The Morgan fingerprint density at radius 1 is 0.968 bits per heavy atom. The van der Waals surface area contributed by atoms with Gasteiger partial charge in [-0.05, 0) is 41.0 Å². The molecule has 0 aliphatic rings. The summed E-state index contributed by atoms with van der Waals surface area (Å²) in [5.41, 5.74) is 7.67. The number of hydrogen-bond acceptors (Lipinski definition) is 3. The first-order valence-electron chi connectivity index (χ1n) is 9.70. The van der Waals surface area contributed by atoms with Gasteiger partial charge in [-0.2, -0.15) is 0 Å². The lowest BCUT2D eigenvalue weighted by Gasteiger charge is -2.08. The molecule has 0 radical (unpaired) electrons. The number of benzene rings is 3. The summed E-state index contributed by atoms with van der Waals surface area (Å²) in [4.78, 5) is 13.1. The van der Waals surface area contributed by atoms with Crippen LogP contribution in [0.5, 0.6) is 0 Å². The third kappa shape index (κ3) is 4.93. The summed E-state index contributed by atoms with van der Waals surface area (Å²) in [7, 11) is 0. The van der Waals surface area contributed by atoms with Crippen molar-refractivity contribution >= 4 is 33.2 Å². The number of nitrogens with zero attached hydrogens (tertiary/aromatic N) is 2. The standard InChI is InChI=1S/C25H20BrN3OS/c1-2-16-29-23(20-10-8-19(9-11-20)18-6-4-3-5-7-18)17-31-25(29)28-27-24(30)21-12-14-22(26)15-13-21/h2-15,17H,1,16H2,(H,27,30). The first kappa shape index (κ1) is 21.0. The van der Waals surface area contributed by atoms with Crippen LogP contribution < -0.4 is 10.2 Å². The van der Waals surface area contributed by atoms with E-state index in [1.54, 1.807) is 12.1 Å². The maximum Gasteiger partial charge on any atom is 0.271 e. The number of carbonyl (C=O) groups is 1. The quantitative estimate of drug-likeness (QED) is 0.259. The van der Waals surface area contributed by atoms with Gasteiger partial charge in [-0.15, -0.1) is 23.0 Å². The first-order valence-corrected chi connectivity index (χ1v) is 11.4. The van der Waals surface area contributed by atoms with Crippen molar-refractivity contribution in [3.05, 3.63) is 112 Å². The smallest absolute Gasteiger partial charge is 0.271 e. The zero-order chi connectivity index (χ0) is 21.6. The lowest BCUT2D eigenvalue weighted by molar-refractivity contribution is 0.0953. The van der Waals surface area contributed by atoms with Gasteiger partial charge in [0.05, 0.1) is 5.69 Å². The average Bonchev–Trinajstić information content (AvgIpc) is 3.21. The topological polar surface area (TPSA) is 46.4 Å². The molecule has 1 aromatic heterocycles. The fourth-order valence-electron chi connectivity index (χ4n) is 3.18. The summed E-state index contributed by atoms with van der Waals surface area (Å²) in [6.45, 7) is 4.46. The van der Waals surface area contributed by atoms with E-state index < -0.39 is 0 Å². The van der Waals surface area contributed by atoms with E-state index in [0.29, 0.717) is 16.9 Å². The summed E-state index contributed by atoms with van der Waals surface area (Å²) >= 11 is 4.85. The zero-order valence-electron chi connectivity index (χ0n) is 16.7. The van der Waals surface area contributed by atoms with Gasteiger partial charge in [0.15, 0.2) is 0 Å². The van der Waals surface area contributed by atoms with E-state index in [9.17, 15) is 4.79 Å². The molecule has 4 aromatic rings. The van der Waals surface area contributed by atoms with Crippen molar-refractivity contribution < 1.29 is 4.79 Å². The fraction of sp³-hybridized carbons (Fsp3) is 0.0400. The monoisotopic (exact) mass is 489 g/mol. The van der Waals surface area contributed by atoms with Gasteiger partial charge in [0, 0.05) is 22.0 Å². The number of rotatable bonds is 6. The number of aromatic nitrogens is 1. The summed E-state index contributed by atoms with van der Waals surface area (Å²) in [5, 5.41) is 6.40. The minimum atomic E-state index is -0.250.